The van der Waals surface area contributed by atoms with E-state index in [0.29, 0.717) is 0 Å². The molecule has 2 unspecified atom stereocenters. The second kappa shape index (κ2) is 14.1. The summed E-state index contributed by atoms with van der Waals surface area (Å²) < 4.78 is 2.61. The van der Waals surface area contributed by atoms with Crippen LogP contribution in [-0.4, -0.2) is 0 Å². The molecule has 14 rings (SSSR count). The summed E-state index contributed by atoms with van der Waals surface area (Å²) in [5, 5.41) is 2.58. The van der Waals surface area contributed by atoms with Gasteiger partial charge < -0.3 is 4.90 Å². The zero-order valence-corrected chi connectivity index (χ0v) is 38.2. The van der Waals surface area contributed by atoms with Crippen molar-refractivity contribution in [3.63, 3.8) is 0 Å². The second-order valence-corrected chi connectivity index (χ2v) is 20.2. The van der Waals surface area contributed by atoms with Gasteiger partial charge in [-0.3, -0.25) is 0 Å². The predicted molar refractivity (Wildman–Crippen MR) is 281 cm³/mol. The van der Waals surface area contributed by atoms with Crippen LogP contribution in [0.25, 0.3) is 42.4 Å². The maximum Gasteiger partial charge on any atom is 0.0720 e. The molecule has 1 aromatic heterocycles. The van der Waals surface area contributed by atoms with Gasteiger partial charge in [0, 0.05) is 42.6 Å². The molecule has 0 saturated heterocycles. The molecule has 2 heteroatoms. The molecule has 0 bridgehead atoms. The van der Waals surface area contributed by atoms with E-state index in [4.69, 9.17) is 0 Å². The summed E-state index contributed by atoms with van der Waals surface area (Å²) in [6.07, 6.45) is 0. The number of hydrogen-bond donors (Lipinski definition) is 0. The Morgan fingerprint density at radius 2 is 0.821 bits per heavy atom. The van der Waals surface area contributed by atoms with Crippen molar-refractivity contribution in [1.29, 1.82) is 0 Å². The lowest BCUT2D eigenvalue weighted by Crippen LogP contribution is -2.44. The summed E-state index contributed by atoms with van der Waals surface area (Å²) in [5.41, 5.74) is 20.5. The van der Waals surface area contributed by atoms with Gasteiger partial charge in [-0.1, -0.05) is 202 Å². The van der Waals surface area contributed by atoms with Crippen molar-refractivity contribution in [2.75, 3.05) is 4.90 Å². The number of benzene rings is 10. The Balaban J connectivity index is 1.06. The first kappa shape index (κ1) is 38.5. The molecule has 0 amide bonds. The fourth-order valence-corrected chi connectivity index (χ4v) is 14.0. The normalized spacial score (nSPS) is 17.9. The quantitative estimate of drug-likeness (QED) is 0.161. The average molecular weight is 872 g/mol. The van der Waals surface area contributed by atoms with Crippen LogP contribution in [0.3, 0.4) is 0 Å². The number of thiophene rings is 1. The first-order chi connectivity index (χ1) is 33.0. The highest BCUT2D eigenvalue weighted by atomic mass is 32.1. The molecule has 3 aliphatic carbocycles. The topological polar surface area (TPSA) is 3.24 Å². The highest BCUT2D eigenvalue weighted by molar-refractivity contribution is 7.25. The maximum absolute atomic E-state index is 2.52. The van der Waals surface area contributed by atoms with Crippen LogP contribution < -0.4 is 4.90 Å². The number of fused-ring (bicyclic) bond motifs is 11. The molecule has 316 valence electrons. The maximum atomic E-state index is 2.52. The molecule has 0 fully saturated rings. The summed E-state index contributed by atoms with van der Waals surface area (Å²) in [6, 6.07) is 89.7. The van der Waals surface area contributed by atoms with E-state index in [1.165, 1.54) is 98.1 Å². The van der Waals surface area contributed by atoms with E-state index >= 15 is 0 Å². The van der Waals surface area contributed by atoms with Crippen LogP contribution in [0.5, 0.6) is 0 Å². The van der Waals surface area contributed by atoms with Crippen molar-refractivity contribution in [2.45, 2.75) is 30.1 Å². The molecule has 0 saturated carbocycles. The average Bonchev–Trinajstić information content (AvgIpc) is 3.99. The van der Waals surface area contributed by atoms with Crippen LogP contribution >= 0.6 is 11.3 Å². The van der Waals surface area contributed by atoms with Gasteiger partial charge in [0.1, 0.15) is 0 Å². The van der Waals surface area contributed by atoms with Crippen LogP contribution in [0.15, 0.2) is 237 Å². The number of nitrogens with zero attached hydrogens (tertiary/aromatic N) is 1. The predicted octanol–water partition coefficient (Wildman–Crippen LogP) is 16.9. The van der Waals surface area contributed by atoms with Crippen molar-refractivity contribution < 1.29 is 0 Å². The first-order valence-electron chi connectivity index (χ1n) is 23.5. The number of anilines is 3. The van der Waals surface area contributed by atoms with Crippen LogP contribution in [0, 0.1) is 0 Å². The summed E-state index contributed by atoms with van der Waals surface area (Å²) in [7, 11) is 0. The van der Waals surface area contributed by atoms with Crippen molar-refractivity contribution in [3.8, 4) is 22.3 Å². The van der Waals surface area contributed by atoms with Gasteiger partial charge in [-0.25, -0.2) is 0 Å². The van der Waals surface area contributed by atoms with Gasteiger partial charge in [0.15, 0.2) is 0 Å². The number of rotatable bonds is 6. The molecule has 1 heterocycles. The minimum absolute atomic E-state index is 0.150. The van der Waals surface area contributed by atoms with Gasteiger partial charge in [0.2, 0.25) is 0 Å². The minimum atomic E-state index is -0.666. The molecule has 10 aromatic carbocycles. The molecule has 2 atom stereocenters. The smallest absolute Gasteiger partial charge is 0.0720 e. The number of hydrogen-bond acceptors (Lipinski definition) is 2. The largest absolute Gasteiger partial charge is 0.310 e. The fourth-order valence-electron chi connectivity index (χ4n) is 12.9. The molecular formula is C65H45NS. The summed E-state index contributed by atoms with van der Waals surface area (Å²) in [5.74, 6) is 0. The van der Waals surface area contributed by atoms with Gasteiger partial charge in [-0.05, 0) is 126 Å². The second-order valence-electron chi connectivity index (χ2n) is 19.1. The first-order valence-corrected chi connectivity index (χ1v) is 24.3. The van der Waals surface area contributed by atoms with E-state index in [0.717, 1.165) is 17.1 Å². The lowest BCUT2D eigenvalue weighted by Gasteiger charge is -2.49. The van der Waals surface area contributed by atoms with Gasteiger partial charge >= 0.3 is 0 Å². The lowest BCUT2D eigenvalue weighted by atomic mass is 9.51. The third-order valence-electron chi connectivity index (χ3n) is 15.6. The Hall–Kier alpha value is -7.78. The molecule has 0 N–H and O–H groups in total. The van der Waals surface area contributed by atoms with Crippen molar-refractivity contribution in [2.24, 2.45) is 0 Å². The van der Waals surface area contributed by atoms with E-state index in [2.05, 4.69) is 255 Å². The Morgan fingerprint density at radius 3 is 1.60 bits per heavy atom. The Morgan fingerprint density at radius 1 is 0.313 bits per heavy atom. The van der Waals surface area contributed by atoms with Crippen LogP contribution in [0.2, 0.25) is 0 Å². The van der Waals surface area contributed by atoms with E-state index in [1.807, 2.05) is 11.3 Å². The molecule has 0 radical (unpaired) electrons. The Kier molecular flexibility index (Phi) is 8.11. The van der Waals surface area contributed by atoms with Crippen molar-refractivity contribution in [3.05, 3.63) is 292 Å². The van der Waals surface area contributed by atoms with Crippen LogP contribution in [0.1, 0.15) is 69.5 Å². The summed E-state index contributed by atoms with van der Waals surface area (Å²) in [6.45, 7) is 4.76. The van der Waals surface area contributed by atoms with E-state index in [-0.39, 0.29) is 5.41 Å². The van der Waals surface area contributed by atoms with E-state index in [1.54, 1.807) is 0 Å². The lowest BCUT2D eigenvalue weighted by molar-refractivity contribution is 0.627. The zero-order valence-electron chi connectivity index (χ0n) is 37.4. The molecular weight excluding hydrogens is 827 g/mol. The van der Waals surface area contributed by atoms with E-state index in [9.17, 15) is 0 Å². The van der Waals surface area contributed by atoms with Gasteiger partial charge in [0.25, 0.3) is 0 Å². The van der Waals surface area contributed by atoms with E-state index < -0.39 is 10.8 Å². The third kappa shape index (κ3) is 5.09. The van der Waals surface area contributed by atoms with Crippen molar-refractivity contribution in [1.82, 2.24) is 0 Å². The summed E-state index contributed by atoms with van der Waals surface area (Å²) >= 11 is 1.87. The van der Waals surface area contributed by atoms with Gasteiger partial charge in [-0.2, -0.15) is 0 Å². The van der Waals surface area contributed by atoms with Gasteiger partial charge in [0.05, 0.1) is 10.8 Å². The van der Waals surface area contributed by atoms with Crippen LogP contribution in [0.4, 0.5) is 17.1 Å². The minimum Gasteiger partial charge on any atom is -0.310 e. The van der Waals surface area contributed by atoms with Crippen molar-refractivity contribution >= 4 is 48.6 Å². The highest BCUT2D eigenvalue weighted by Gasteiger charge is 2.57. The summed E-state index contributed by atoms with van der Waals surface area (Å²) in [4.78, 5) is 2.52. The molecule has 67 heavy (non-hydrogen) atoms. The molecule has 0 aliphatic heterocycles. The highest BCUT2D eigenvalue weighted by Crippen LogP contribution is 2.66. The third-order valence-corrected chi connectivity index (χ3v) is 16.7. The SMILES string of the molecule is CC1(C)c2ccccc2-c2ccc(N(c3cccc(C4(c5ccccc5)c5ccccc5C5(c6ccccc6)c6ccccc6-c6cccc4c65)c3)c3ccc4sc5ccccc5c4c3)cc21. The molecule has 1 nitrogen and oxygen atoms in total. The zero-order chi connectivity index (χ0) is 44.5. The fraction of sp³-hybridized carbons (Fsp3) is 0.0769. The monoisotopic (exact) mass is 871 g/mol. The van der Waals surface area contributed by atoms with Crippen LogP contribution in [-0.2, 0) is 16.2 Å². The molecule has 11 aromatic rings. The standard InChI is InChI=1S/C65H45NS/c1-63(2)54-29-12-9-25-48(54)50-37-35-47(41-59(50)63)66(46-36-38-61-53(40-46)51-27-11-16-34-60(51)67-61)45-24-17-23-44(39-45)64(42-19-5-3-6-20-42)56-31-14-15-32-57(56)65(43-21-7-4-8-22-43)55-30-13-10-26-49(55)52-28-18-33-58(64)62(52)65/h3-41H,1-2H3. The van der Waals surface area contributed by atoms with Gasteiger partial charge in [-0.15, -0.1) is 11.3 Å². The Labute approximate surface area is 395 Å². The molecule has 3 aliphatic rings. The molecule has 0 spiro atoms. The Bertz CT molecular complexity index is 3800.